The fraction of sp³-hybridized carbons (Fsp3) is 0.538. The van der Waals surface area contributed by atoms with Crippen LogP contribution in [0.25, 0.3) is 0 Å². The molecule has 0 aliphatic carbocycles. The molecule has 1 rings (SSSR count). The van der Waals surface area contributed by atoms with Crippen LogP contribution < -0.4 is 15.2 Å². The Balaban J connectivity index is 0.00000289. The lowest BCUT2D eigenvalue weighted by Gasteiger charge is -2.16. The van der Waals surface area contributed by atoms with Gasteiger partial charge < -0.3 is 15.2 Å². The lowest BCUT2D eigenvalue weighted by atomic mass is 10.0. The zero-order chi connectivity index (χ0) is 12.8. The SMILES string of the molecule is CCC(N)Cc1cc(OC)c(SC)cc1OC.Cl. The van der Waals surface area contributed by atoms with Crippen LogP contribution in [0.3, 0.4) is 0 Å². The Kier molecular flexibility index (Phi) is 8.24. The zero-order valence-electron chi connectivity index (χ0n) is 11.4. The Labute approximate surface area is 120 Å². The van der Waals surface area contributed by atoms with E-state index in [2.05, 4.69) is 6.92 Å². The van der Waals surface area contributed by atoms with Crippen molar-refractivity contribution < 1.29 is 9.47 Å². The van der Waals surface area contributed by atoms with Crippen LogP contribution in [-0.2, 0) is 6.42 Å². The highest BCUT2D eigenvalue weighted by atomic mass is 35.5. The van der Waals surface area contributed by atoms with E-state index in [0.29, 0.717) is 0 Å². The molecule has 1 aromatic rings. The van der Waals surface area contributed by atoms with Crippen molar-refractivity contribution in [2.45, 2.75) is 30.7 Å². The van der Waals surface area contributed by atoms with Crippen molar-refractivity contribution in [3.63, 3.8) is 0 Å². The van der Waals surface area contributed by atoms with E-state index in [1.54, 1.807) is 26.0 Å². The number of rotatable bonds is 6. The minimum absolute atomic E-state index is 0. The highest BCUT2D eigenvalue weighted by molar-refractivity contribution is 7.98. The first-order valence-electron chi connectivity index (χ1n) is 5.70. The first kappa shape index (κ1) is 17.4. The van der Waals surface area contributed by atoms with Crippen molar-refractivity contribution >= 4 is 24.2 Å². The summed E-state index contributed by atoms with van der Waals surface area (Å²) in [6, 6.07) is 4.20. The van der Waals surface area contributed by atoms with Crippen molar-refractivity contribution in [1.29, 1.82) is 0 Å². The van der Waals surface area contributed by atoms with Gasteiger partial charge in [-0.1, -0.05) is 6.92 Å². The Hall–Kier alpha value is -0.580. The van der Waals surface area contributed by atoms with E-state index in [9.17, 15) is 0 Å². The lowest BCUT2D eigenvalue weighted by molar-refractivity contribution is 0.389. The number of methoxy groups -OCH3 is 2. The van der Waals surface area contributed by atoms with Crippen molar-refractivity contribution in [3.05, 3.63) is 17.7 Å². The van der Waals surface area contributed by atoms with Crippen LogP contribution >= 0.6 is 24.2 Å². The molecule has 0 heterocycles. The molecule has 104 valence electrons. The Bertz CT molecular complexity index is 374. The van der Waals surface area contributed by atoms with E-state index in [4.69, 9.17) is 15.2 Å². The second-order valence-electron chi connectivity index (χ2n) is 3.89. The average Bonchev–Trinajstić information content (AvgIpc) is 2.37. The summed E-state index contributed by atoms with van der Waals surface area (Å²) >= 11 is 1.65. The van der Waals surface area contributed by atoms with Crippen LogP contribution in [0.1, 0.15) is 18.9 Å². The topological polar surface area (TPSA) is 44.5 Å². The molecule has 1 atom stereocenters. The summed E-state index contributed by atoms with van der Waals surface area (Å²) in [5.41, 5.74) is 7.10. The fourth-order valence-electron chi connectivity index (χ4n) is 1.68. The van der Waals surface area contributed by atoms with E-state index in [1.807, 2.05) is 18.4 Å². The van der Waals surface area contributed by atoms with Gasteiger partial charge in [0.25, 0.3) is 0 Å². The van der Waals surface area contributed by atoms with Gasteiger partial charge >= 0.3 is 0 Å². The molecule has 0 spiro atoms. The van der Waals surface area contributed by atoms with Crippen LogP contribution in [0.4, 0.5) is 0 Å². The smallest absolute Gasteiger partial charge is 0.132 e. The molecule has 5 heteroatoms. The van der Waals surface area contributed by atoms with E-state index >= 15 is 0 Å². The Morgan fingerprint density at radius 3 is 2.28 bits per heavy atom. The van der Waals surface area contributed by atoms with Crippen molar-refractivity contribution in [2.24, 2.45) is 5.73 Å². The lowest BCUT2D eigenvalue weighted by Crippen LogP contribution is -2.21. The zero-order valence-corrected chi connectivity index (χ0v) is 13.0. The summed E-state index contributed by atoms with van der Waals surface area (Å²) in [7, 11) is 3.37. The first-order chi connectivity index (χ1) is 8.15. The molecule has 3 nitrogen and oxygen atoms in total. The van der Waals surface area contributed by atoms with Crippen molar-refractivity contribution in [1.82, 2.24) is 0 Å². The van der Waals surface area contributed by atoms with Crippen LogP contribution in [0, 0.1) is 0 Å². The van der Waals surface area contributed by atoms with Crippen LogP contribution in [0.2, 0.25) is 0 Å². The Morgan fingerprint density at radius 1 is 1.22 bits per heavy atom. The molecule has 0 aromatic heterocycles. The van der Waals surface area contributed by atoms with Crippen LogP contribution in [-0.4, -0.2) is 26.5 Å². The van der Waals surface area contributed by atoms with E-state index in [1.165, 1.54) is 0 Å². The molecule has 0 saturated carbocycles. The third-order valence-electron chi connectivity index (χ3n) is 2.79. The molecular weight excluding hydrogens is 270 g/mol. The van der Waals surface area contributed by atoms with Gasteiger partial charge in [0, 0.05) is 6.04 Å². The van der Waals surface area contributed by atoms with Crippen molar-refractivity contribution in [3.8, 4) is 11.5 Å². The summed E-state index contributed by atoms with van der Waals surface area (Å²) in [5.74, 6) is 1.77. The van der Waals surface area contributed by atoms with Gasteiger partial charge in [0.05, 0.1) is 19.1 Å². The second kappa shape index (κ2) is 8.51. The van der Waals surface area contributed by atoms with Gasteiger partial charge in [-0.3, -0.25) is 0 Å². The minimum atomic E-state index is 0. The summed E-state index contributed by atoms with van der Waals surface area (Å²) in [5, 5.41) is 0. The fourth-order valence-corrected chi connectivity index (χ4v) is 2.25. The first-order valence-corrected chi connectivity index (χ1v) is 6.93. The Morgan fingerprint density at radius 2 is 1.83 bits per heavy atom. The number of nitrogens with two attached hydrogens (primary N) is 1. The summed E-state index contributed by atoms with van der Waals surface area (Å²) in [4.78, 5) is 1.08. The quantitative estimate of drug-likeness (QED) is 0.818. The summed E-state index contributed by atoms with van der Waals surface area (Å²) in [6.07, 6.45) is 3.79. The largest absolute Gasteiger partial charge is 0.496 e. The van der Waals surface area contributed by atoms with Gasteiger partial charge in [-0.15, -0.1) is 24.2 Å². The van der Waals surface area contributed by atoms with Crippen LogP contribution in [0.15, 0.2) is 17.0 Å². The normalized spacial score (nSPS) is 11.6. The maximum Gasteiger partial charge on any atom is 0.132 e. The van der Waals surface area contributed by atoms with E-state index in [-0.39, 0.29) is 18.4 Å². The number of hydrogen-bond acceptors (Lipinski definition) is 4. The number of ether oxygens (including phenoxy) is 2. The van der Waals surface area contributed by atoms with Crippen molar-refractivity contribution in [2.75, 3.05) is 20.5 Å². The maximum atomic E-state index is 5.99. The van der Waals surface area contributed by atoms with Crippen LogP contribution in [0.5, 0.6) is 11.5 Å². The monoisotopic (exact) mass is 291 g/mol. The summed E-state index contributed by atoms with van der Waals surface area (Å²) < 4.78 is 10.8. The second-order valence-corrected chi connectivity index (χ2v) is 4.74. The molecule has 18 heavy (non-hydrogen) atoms. The molecule has 0 bridgehead atoms. The highest BCUT2D eigenvalue weighted by Crippen LogP contribution is 2.35. The molecule has 0 aliphatic heterocycles. The number of thioether (sulfide) groups is 1. The summed E-state index contributed by atoms with van der Waals surface area (Å²) in [6.45, 7) is 2.09. The molecule has 0 amide bonds. The van der Waals surface area contributed by atoms with Gasteiger partial charge in [-0.25, -0.2) is 0 Å². The molecule has 0 radical (unpaired) electrons. The molecule has 1 aromatic carbocycles. The number of halogens is 1. The third kappa shape index (κ3) is 4.26. The van der Waals surface area contributed by atoms with Gasteiger partial charge in [-0.05, 0) is 36.8 Å². The highest BCUT2D eigenvalue weighted by Gasteiger charge is 2.12. The van der Waals surface area contributed by atoms with Gasteiger partial charge in [0.15, 0.2) is 0 Å². The maximum absolute atomic E-state index is 5.99. The average molecular weight is 292 g/mol. The molecule has 0 aliphatic rings. The third-order valence-corrected chi connectivity index (χ3v) is 3.55. The van der Waals surface area contributed by atoms with E-state index < -0.39 is 0 Å². The van der Waals surface area contributed by atoms with Gasteiger partial charge in [-0.2, -0.15) is 0 Å². The predicted molar refractivity (Wildman–Crippen MR) is 80.5 cm³/mol. The molecular formula is C13H22ClNO2S. The van der Waals surface area contributed by atoms with Gasteiger partial charge in [0.1, 0.15) is 11.5 Å². The predicted octanol–water partition coefficient (Wildman–Crippen LogP) is 3.13. The minimum Gasteiger partial charge on any atom is -0.496 e. The van der Waals surface area contributed by atoms with Gasteiger partial charge in [0.2, 0.25) is 0 Å². The molecule has 0 fully saturated rings. The molecule has 2 N–H and O–H groups in total. The molecule has 1 unspecified atom stereocenters. The molecule has 0 saturated heterocycles. The number of benzene rings is 1. The van der Waals surface area contributed by atoms with E-state index in [0.717, 1.165) is 34.8 Å². The number of hydrogen-bond donors (Lipinski definition) is 1. The standard InChI is InChI=1S/C13H21NO2S.ClH/c1-5-10(14)6-9-7-12(16-3)13(17-4)8-11(9)15-2;/h7-8,10H,5-6,14H2,1-4H3;1H.